The van der Waals surface area contributed by atoms with E-state index in [0.717, 1.165) is 16.3 Å². The molecule has 3 N–H and O–H groups in total. The quantitative estimate of drug-likeness (QED) is 0.473. The third-order valence-electron chi connectivity index (χ3n) is 6.18. The van der Waals surface area contributed by atoms with Crippen molar-refractivity contribution in [3.63, 3.8) is 0 Å². The third-order valence-corrected chi connectivity index (χ3v) is 6.18. The Hall–Kier alpha value is -3.25. The second kappa shape index (κ2) is 10.2. The maximum absolute atomic E-state index is 14.7. The summed E-state index contributed by atoms with van der Waals surface area (Å²) in [5.74, 6) is -3.90. The maximum Gasteiger partial charge on any atom is 0.351 e. The molecule has 1 aromatic heterocycles. The number of benzene rings is 1. The lowest BCUT2D eigenvalue weighted by atomic mass is 9.93. The van der Waals surface area contributed by atoms with E-state index in [1.807, 2.05) is 4.90 Å². The highest BCUT2D eigenvalue weighted by Gasteiger charge is 2.52. The first-order valence-electron chi connectivity index (χ1n) is 11.2. The number of rotatable bonds is 6. The molecular weight excluding hydrogens is 465 g/mol. The van der Waals surface area contributed by atoms with Gasteiger partial charge in [0.1, 0.15) is 18.2 Å². The second-order valence-electron chi connectivity index (χ2n) is 8.69. The van der Waals surface area contributed by atoms with Crippen LogP contribution in [0.25, 0.3) is 0 Å². The van der Waals surface area contributed by atoms with Gasteiger partial charge in [-0.2, -0.15) is 4.98 Å². The molecule has 0 aliphatic carbocycles. The lowest BCUT2D eigenvalue weighted by molar-refractivity contribution is -0.118. The lowest BCUT2D eigenvalue weighted by Gasteiger charge is -2.34. The van der Waals surface area contributed by atoms with Gasteiger partial charge in [0.25, 0.3) is 5.92 Å². The van der Waals surface area contributed by atoms with E-state index in [9.17, 15) is 18.0 Å². The Morgan fingerprint density at radius 1 is 1.34 bits per heavy atom. The number of hydrogen-bond acceptors (Lipinski definition) is 8. The van der Waals surface area contributed by atoms with Crippen molar-refractivity contribution in [3.8, 4) is 0 Å². The first kappa shape index (κ1) is 24.9. The Bertz CT molecular complexity index is 1150. The summed E-state index contributed by atoms with van der Waals surface area (Å²) in [6.07, 6.45) is -1.40. The molecule has 0 spiro atoms. The van der Waals surface area contributed by atoms with Crippen LogP contribution in [0.2, 0.25) is 0 Å². The van der Waals surface area contributed by atoms with Crippen molar-refractivity contribution in [3.05, 3.63) is 58.4 Å². The summed E-state index contributed by atoms with van der Waals surface area (Å²) >= 11 is 0. The third kappa shape index (κ3) is 5.70. The summed E-state index contributed by atoms with van der Waals surface area (Å²) < 4.78 is 54.4. The Morgan fingerprint density at radius 3 is 2.77 bits per heavy atom. The van der Waals surface area contributed by atoms with Crippen LogP contribution in [0, 0.1) is 17.1 Å². The van der Waals surface area contributed by atoms with E-state index in [2.05, 4.69) is 9.98 Å². The molecule has 3 unspecified atom stereocenters. The fourth-order valence-corrected chi connectivity index (χ4v) is 4.41. The number of ether oxygens (including phenoxy) is 2. The van der Waals surface area contributed by atoms with Gasteiger partial charge in [0.2, 0.25) is 6.23 Å². The van der Waals surface area contributed by atoms with Crippen molar-refractivity contribution in [2.24, 2.45) is 10.9 Å². The lowest BCUT2D eigenvalue weighted by Crippen LogP contribution is -2.46. The van der Waals surface area contributed by atoms with Crippen LogP contribution in [0.4, 0.5) is 19.0 Å². The van der Waals surface area contributed by atoms with Crippen molar-refractivity contribution in [2.45, 2.75) is 37.7 Å². The monoisotopic (exact) mass is 492 g/mol. The van der Waals surface area contributed by atoms with Crippen LogP contribution < -0.4 is 11.4 Å². The average molecular weight is 493 g/mol. The number of nitrogens with two attached hydrogens (primary N) is 1. The van der Waals surface area contributed by atoms with Crippen LogP contribution in [-0.2, 0) is 16.1 Å². The SMILES string of the molecule is CN=C1CN(CC2CC(F)(F)C(n3ccc(N)nc3=O)O2)CCC1C(=N)OCc1ccc(F)cc1. The number of halogens is 3. The normalized spacial score (nSPS) is 25.6. The fraction of sp³-hybridized carbons (Fsp3) is 0.478. The molecule has 0 amide bonds. The van der Waals surface area contributed by atoms with Crippen molar-refractivity contribution in [2.75, 3.05) is 32.4 Å². The molecule has 4 rings (SSSR count). The first-order chi connectivity index (χ1) is 16.7. The Morgan fingerprint density at radius 2 is 2.09 bits per heavy atom. The van der Waals surface area contributed by atoms with Gasteiger partial charge >= 0.3 is 5.69 Å². The summed E-state index contributed by atoms with van der Waals surface area (Å²) in [5.41, 5.74) is 6.01. The van der Waals surface area contributed by atoms with Gasteiger partial charge in [-0.05, 0) is 36.7 Å². The zero-order valence-electron chi connectivity index (χ0n) is 19.2. The molecule has 1 aromatic carbocycles. The predicted octanol–water partition coefficient (Wildman–Crippen LogP) is 2.47. The van der Waals surface area contributed by atoms with E-state index in [-0.39, 0.29) is 36.6 Å². The van der Waals surface area contributed by atoms with Crippen molar-refractivity contribution >= 4 is 17.4 Å². The number of nitrogens with one attached hydrogen (secondary N) is 1. The molecule has 35 heavy (non-hydrogen) atoms. The Labute approximate surface area is 199 Å². The number of nitrogens with zero attached hydrogens (tertiary/aromatic N) is 4. The van der Waals surface area contributed by atoms with Crippen molar-refractivity contribution in [1.82, 2.24) is 14.5 Å². The van der Waals surface area contributed by atoms with Crippen LogP contribution in [0.1, 0.15) is 24.6 Å². The fourth-order valence-electron chi connectivity index (χ4n) is 4.41. The number of aliphatic imine (C=N–C) groups is 1. The van der Waals surface area contributed by atoms with E-state index >= 15 is 0 Å². The molecule has 2 fully saturated rings. The van der Waals surface area contributed by atoms with Gasteiger partial charge in [0, 0.05) is 38.5 Å². The summed E-state index contributed by atoms with van der Waals surface area (Å²) in [5, 5.41) is 8.34. The van der Waals surface area contributed by atoms with E-state index in [1.54, 1.807) is 19.2 Å². The highest BCUT2D eigenvalue weighted by Crippen LogP contribution is 2.42. The highest BCUT2D eigenvalue weighted by atomic mass is 19.3. The number of aromatic nitrogens is 2. The number of anilines is 1. The first-order valence-corrected chi connectivity index (χ1v) is 11.2. The molecule has 0 radical (unpaired) electrons. The second-order valence-corrected chi connectivity index (χ2v) is 8.69. The average Bonchev–Trinajstić information content (AvgIpc) is 3.11. The van der Waals surface area contributed by atoms with Gasteiger partial charge in [-0.1, -0.05) is 12.1 Å². The molecule has 188 valence electrons. The van der Waals surface area contributed by atoms with Gasteiger partial charge in [0.05, 0.1) is 12.0 Å². The van der Waals surface area contributed by atoms with E-state index < -0.39 is 30.4 Å². The van der Waals surface area contributed by atoms with Crippen LogP contribution in [0.3, 0.4) is 0 Å². The summed E-state index contributed by atoms with van der Waals surface area (Å²) in [7, 11) is 1.62. The largest absolute Gasteiger partial charge is 0.476 e. The molecule has 9 nitrogen and oxygen atoms in total. The van der Waals surface area contributed by atoms with Crippen molar-refractivity contribution in [1.29, 1.82) is 5.41 Å². The minimum Gasteiger partial charge on any atom is -0.476 e. The molecule has 0 saturated carbocycles. The smallest absolute Gasteiger partial charge is 0.351 e. The number of piperidine rings is 1. The molecular formula is C23H27F3N6O3. The van der Waals surface area contributed by atoms with Crippen LogP contribution in [-0.4, -0.2) is 64.8 Å². The molecule has 3 atom stereocenters. The van der Waals surface area contributed by atoms with Gasteiger partial charge in [-0.3, -0.25) is 19.9 Å². The number of alkyl halides is 2. The van der Waals surface area contributed by atoms with Crippen LogP contribution >= 0.6 is 0 Å². The van der Waals surface area contributed by atoms with Crippen molar-refractivity contribution < 1.29 is 22.6 Å². The molecule has 0 bridgehead atoms. The molecule has 2 aliphatic heterocycles. The molecule has 2 aromatic rings. The molecule has 12 heteroatoms. The van der Waals surface area contributed by atoms with Gasteiger partial charge < -0.3 is 15.2 Å². The number of likely N-dealkylation sites (tertiary alicyclic amines) is 1. The number of nitrogen functional groups attached to an aromatic ring is 1. The van der Waals surface area contributed by atoms with E-state index in [1.165, 1.54) is 18.2 Å². The Kier molecular flexibility index (Phi) is 7.22. The van der Waals surface area contributed by atoms with Gasteiger partial charge in [-0.15, -0.1) is 0 Å². The minimum absolute atomic E-state index is 0.0504. The van der Waals surface area contributed by atoms with E-state index in [0.29, 0.717) is 25.2 Å². The van der Waals surface area contributed by atoms with Gasteiger partial charge in [-0.25, -0.2) is 18.0 Å². The standard InChI is InChI=1S/C23H27F3N6O3/c1-29-18-12-31(8-6-17(18)20(28)34-13-14-2-4-15(24)5-3-14)11-16-10-23(25,26)21(35-16)32-9-7-19(27)30-22(32)33/h2-5,7,9,16-17,21,28H,6,8,10-13H2,1H3,(H2,27,30,33). The summed E-state index contributed by atoms with van der Waals surface area (Å²) in [6.45, 7) is 1.27. The number of hydrogen-bond donors (Lipinski definition) is 2. The van der Waals surface area contributed by atoms with E-state index in [4.69, 9.17) is 20.6 Å². The maximum atomic E-state index is 14.7. The minimum atomic E-state index is -3.25. The molecule has 2 aliphatic rings. The summed E-state index contributed by atoms with van der Waals surface area (Å²) in [4.78, 5) is 21.8. The topological polar surface area (TPSA) is 119 Å². The highest BCUT2D eigenvalue weighted by molar-refractivity contribution is 6.04. The predicted molar refractivity (Wildman–Crippen MR) is 123 cm³/mol. The molecule has 2 saturated heterocycles. The van der Waals surface area contributed by atoms with Crippen LogP contribution in [0.5, 0.6) is 0 Å². The molecule has 3 heterocycles. The van der Waals surface area contributed by atoms with Gasteiger partial charge in [0.15, 0.2) is 5.90 Å². The summed E-state index contributed by atoms with van der Waals surface area (Å²) in [6, 6.07) is 7.13. The zero-order chi connectivity index (χ0) is 25.2. The zero-order valence-corrected chi connectivity index (χ0v) is 19.2. The van der Waals surface area contributed by atoms with Crippen LogP contribution in [0.15, 0.2) is 46.3 Å². The Balaban J connectivity index is 1.34.